The lowest BCUT2D eigenvalue weighted by atomic mass is 9.95. The molecule has 13 rings (SSSR count). The van der Waals surface area contributed by atoms with Crippen molar-refractivity contribution in [1.82, 2.24) is 4.57 Å². The molecule has 2 nitrogen and oxygen atoms in total. The van der Waals surface area contributed by atoms with Gasteiger partial charge in [0.05, 0.1) is 22.4 Å². The van der Waals surface area contributed by atoms with Crippen LogP contribution in [0, 0.1) is 0 Å². The first-order chi connectivity index (χ1) is 32.3. The quantitative estimate of drug-likeness (QED) is 0.155. The van der Waals surface area contributed by atoms with E-state index in [1.807, 2.05) is 11.3 Å². The van der Waals surface area contributed by atoms with Crippen LogP contribution < -0.4 is 4.90 Å². The maximum atomic E-state index is 2.52. The van der Waals surface area contributed by atoms with Gasteiger partial charge in [-0.05, 0) is 104 Å². The van der Waals surface area contributed by atoms with Crippen molar-refractivity contribution >= 4 is 91.9 Å². The van der Waals surface area contributed by atoms with Crippen molar-refractivity contribution in [3.8, 4) is 39.1 Å². The summed E-state index contributed by atoms with van der Waals surface area (Å²) < 4.78 is 4.97. The van der Waals surface area contributed by atoms with Crippen LogP contribution in [-0.4, -0.2) is 4.57 Å². The van der Waals surface area contributed by atoms with Crippen LogP contribution in [0.5, 0.6) is 0 Å². The predicted octanol–water partition coefficient (Wildman–Crippen LogP) is 17.9. The molecule has 0 aliphatic rings. The van der Waals surface area contributed by atoms with E-state index in [1.54, 1.807) is 0 Å². The highest BCUT2D eigenvalue weighted by Crippen LogP contribution is 2.51. The molecule has 0 aliphatic heterocycles. The minimum absolute atomic E-state index is 1.10. The Morgan fingerprint density at radius 1 is 0.323 bits per heavy atom. The second-order valence-electron chi connectivity index (χ2n) is 16.8. The third-order valence-corrected chi connectivity index (χ3v) is 14.4. The van der Waals surface area contributed by atoms with E-state index in [1.165, 1.54) is 96.9 Å². The molecule has 11 aromatic carbocycles. The van der Waals surface area contributed by atoms with Gasteiger partial charge >= 0.3 is 0 Å². The Bertz CT molecular complexity index is 3920. The van der Waals surface area contributed by atoms with Crippen molar-refractivity contribution in [2.24, 2.45) is 0 Å². The zero-order chi connectivity index (χ0) is 42.8. The lowest BCUT2D eigenvalue weighted by molar-refractivity contribution is 1.18. The minimum atomic E-state index is 1.10. The molecule has 0 saturated carbocycles. The number of nitrogens with zero attached hydrogens (tertiary/aromatic N) is 2. The number of fused-ring (bicyclic) bond motifs is 8. The summed E-state index contributed by atoms with van der Waals surface area (Å²) in [7, 11) is 0. The normalized spacial score (nSPS) is 11.7. The first kappa shape index (κ1) is 37.3. The van der Waals surface area contributed by atoms with Gasteiger partial charge in [0.2, 0.25) is 0 Å². The Hall–Kier alpha value is -8.24. The van der Waals surface area contributed by atoms with E-state index in [4.69, 9.17) is 0 Å². The van der Waals surface area contributed by atoms with Crippen LogP contribution in [-0.2, 0) is 0 Å². The second-order valence-corrected chi connectivity index (χ2v) is 17.9. The zero-order valence-corrected chi connectivity index (χ0v) is 36.2. The Morgan fingerprint density at radius 3 is 1.62 bits per heavy atom. The molecule has 0 aliphatic carbocycles. The molecule has 0 saturated heterocycles. The maximum Gasteiger partial charge on any atom is 0.0562 e. The molecule has 304 valence electrons. The van der Waals surface area contributed by atoms with Gasteiger partial charge in [0, 0.05) is 47.9 Å². The fourth-order valence-corrected chi connectivity index (χ4v) is 11.5. The molecule has 0 bridgehead atoms. The van der Waals surface area contributed by atoms with Gasteiger partial charge in [-0.2, -0.15) is 0 Å². The van der Waals surface area contributed by atoms with Crippen molar-refractivity contribution in [2.75, 3.05) is 4.90 Å². The number of aromatic nitrogens is 1. The van der Waals surface area contributed by atoms with Crippen molar-refractivity contribution < 1.29 is 0 Å². The summed E-state index contributed by atoms with van der Waals surface area (Å²) in [5, 5.41) is 9.98. The van der Waals surface area contributed by atoms with Crippen molar-refractivity contribution in [3.05, 3.63) is 243 Å². The number of hydrogen-bond donors (Lipinski definition) is 0. The third-order valence-electron chi connectivity index (χ3n) is 13.2. The lowest BCUT2D eigenvalue weighted by Crippen LogP contribution is -2.11. The molecule has 0 atom stereocenters. The van der Waals surface area contributed by atoms with Crippen LogP contribution in [0.2, 0.25) is 0 Å². The third kappa shape index (κ3) is 6.08. The van der Waals surface area contributed by atoms with E-state index < -0.39 is 0 Å². The molecule has 0 spiro atoms. The number of thiophene rings is 1. The Balaban J connectivity index is 1.03. The molecule has 3 heteroatoms. The number of anilines is 3. The van der Waals surface area contributed by atoms with Gasteiger partial charge in [0.25, 0.3) is 0 Å². The summed E-state index contributed by atoms with van der Waals surface area (Å²) in [5.74, 6) is 0. The summed E-state index contributed by atoms with van der Waals surface area (Å²) >= 11 is 1.89. The lowest BCUT2D eigenvalue weighted by Gasteiger charge is -2.28. The first-order valence-corrected chi connectivity index (χ1v) is 23.1. The van der Waals surface area contributed by atoms with Gasteiger partial charge in [0.15, 0.2) is 0 Å². The van der Waals surface area contributed by atoms with E-state index in [0.29, 0.717) is 0 Å². The number of hydrogen-bond acceptors (Lipinski definition) is 2. The molecule has 65 heavy (non-hydrogen) atoms. The van der Waals surface area contributed by atoms with E-state index in [0.717, 1.165) is 22.7 Å². The van der Waals surface area contributed by atoms with Crippen LogP contribution in [0.1, 0.15) is 0 Å². The Morgan fingerprint density at radius 2 is 0.862 bits per heavy atom. The van der Waals surface area contributed by atoms with E-state index in [2.05, 4.69) is 252 Å². The van der Waals surface area contributed by atoms with Gasteiger partial charge in [-0.1, -0.05) is 188 Å². The average Bonchev–Trinajstić information content (AvgIpc) is 3.94. The van der Waals surface area contributed by atoms with Gasteiger partial charge in [-0.25, -0.2) is 0 Å². The van der Waals surface area contributed by atoms with Crippen LogP contribution >= 0.6 is 11.3 Å². The standard InChI is InChI=1S/C62H40N2S/c1-2-19-46(20-3-1)63-55-27-10-8-23-53(55)60-56(63)28-14-29-57(60)64(47-37-35-42(36-38-47)41-31-33-45(34-32-41)49-25-12-17-43-15-4-6-21-48(43)49)58-40-39-52(51-26-13-18-44-16-5-7-22-50(44)51)62-61(58)54-24-9-11-30-59(54)65-62/h1-40H. The highest BCUT2D eigenvalue weighted by atomic mass is 32.1. The molecule has 0 fully saturated rings. The number of rotatable bonds is 7. The van der Waals surface area contributed by atoms with Crippen LogP contribution in [0.25, 0.3) is 103 Å². The zero-order valence-electron chi connectivity index (χ0n) is 35.4. The van der Waals surface area contributed by atoms with Gasteiger partial charge < -0.3 is 9.47 Å². The van der Waals surface area contributed by atoms with E-state index in [9.17, 15) is 0 Å². The highest BCUT2D eigenvalue weighted by molar-refractivity contribution is 7.26. The van der Waals surface area contributed by atoms with Crippen LogP contribution in [0.3, 0.4) is 0 Å². The molecule has 13 aromatic rings. The number of para-hydroxylation sites is 2. The molecular weight excluding hydrogens is 805 g/mol. The maximum absolute atomic E-state index is 2.52. The fraction of sp³-hybridized carbons (Fsp3) is 0. The summed E-state index contributed by atoms with van der Waals surface area (Å²) in [6, 6.07) is 88.9. The van der Waals surface area contributed by atoms with Crippen molar-refractivity contribution in [2.45, 2.75) is 0 Å². The van der Waals surface area contributed by atoms with Crippen molar-refractivity contribution in [3.63, 3.8) is 0 Å². The van der Waals surface area contributed by atoms with Crippen LogP contribution in [0.15, 0.2) is 243 Å². The first-order valence-electron chi connectivity index (χ1n) is 22.3. The monoisotopic (exact) mass is 844 g/mol. The summed E-state index contributed by atoms with van der Waals surface area (Å²) in [6.07, 6.45) is 0. The SMILES string of the molecule is c1ccc(-n2c3ccccc3c3c(N(c4ccc(-c5ccc(-c6cccc7ccccc67)cc5)cc4)c4ccc(-c5cccc6ccccc56)c5sc6ccccc6c45)cccc32)cc1. The van der Waals surface area contributed by atoms with Crippen molar-refractivity contribution in [1.29, 1.82) is 0 Å². The predicted molar refractivity (Wildman–Crippen MR) is 280 cm³/mol. The molecule has 2 aromatic heterocycles. The smallest absolute Gasteiger partial charge is 0.0562 e. The second kappa shape index (κ2) is 15.2. The summed E-state index contributed by atoms with van der Waals surface area (Å²) in [4.78, 5) is 2.52. The molecule has 0 radical (unpaired) electrons. The highest BCUT2D eigenvalue weighted by Gasteiger charge is 2.25. The van der Waals surface area contributed by atoms with E-state index in [-0.39, 0.29) is 0 Å². The molecule has 0 unspecified atom stereocenters. The molecule has 0 amide bonds. The number of benzene rings is 11. The fourth-order valence-electron chi connectivity index (χ4n) is 10.2. The molecule has 2 heterocycles. The van der Waals surface area contributed by atoms with Crippen LogP contribution in [0.4, 0.5) is 17.1 Å². The topological polar surface area (TPSA) is 8.17 Å². The Kier molecular flexibility index (Phi) is 8.75. The summed E-state index contributed by atoms with van der Waals surface area (Å²) in [5.41, 5.74) is 14.2. The summed E-state index contributed by atoms with van der Waals surface area (Å²) in [6.45, 7) is 0. The molecule has 0 N–H and O–H groups in total. The largest absolute Gasteiger partial charge is 0.309 e. The van der Waals surface area contributed by atoms with E-state index >= 15 is 0 Å². The average molecular weight is 845 g/mol. The van der Waals surface area contributed by atoms with Gasteiger partial charge in [-0.3, -0.25) is 0 Å². The van der Waals surface area contributed by atoms with Gasteiger partial charge in [0.1, 0.15) is 0 Å². The minimum Gasteiger partial charge on any atom is -0.309 e. The molecular formula is C62H40N2S. The van der Waals surface area contributed by atoms with Gasteiger partial charge in [-0.15, -0.1) is 11.3 Å². The Labute approximate surface area is 381 Å².